The van der Waals surface area contributed by atoms with Gasteiger partial charge in [0.05, 0.1) is 17.9 Å². The third kappa shape index (κ3) is 3.34. The molecule has 1 aliphatic heterocycles. The van der Waals surface area contributed by atoms with Crippen molar-refractivity contribution in [1.29, 1.82) is 0 Å². The Morgan fingerprint density at radius 3 is 2.35 bits per heavy atom. The van der Waals surface area contributed by atoms with Crippen LogP contribution in [0.25, 0.3) is 16.5 Å². The number of likely N-dealkylation sites (N-methyl/N-ethyl adjacent to an activating group) is 1. The molecule has 2 atom stereocenters. The number of nitrogens with zero attached hydrogens (tertiary/aromatic N) is 3. The summed E-state index contributed by atoms with van der Waals surface area (Å²) in [6.07, 6.45) is -0.0671. The highest BCUT2D eigenvalue weighted by atomic mass is 19.1. The molecule has 3 N–H and O–H groups in total. The molecule has 4 aromatic rings. The molecule has 0 saturated heterocycles. The number of hydrogen-bond acceptors (Lipinski definition) is 5. The van der Waals surface area contributed by atoms with Crippen molar-refractivity contribution in [2.75, 3.05) is 11.9 Å². The predicted octanol–water partition coefficient (Wildman–Crippen LogP) is 4.95. The monoisotopic (exact) mass is 499 g/mol. The van der Waals surface area contributed by atoms with Crippen LogP contribution in [0.2, 0.25) is 0 Å². The summed E-state index contributed by atoms with van der Waals surface area (Å²) < 4.78 is 15.2. The van der Waals surface area contributed by atoms with Gasteiger partial charge < -0.3 is 20.2 Å². The number of alkyl halides is 1. The number of hydrogen-bond donors (Lipinski definition) is 3. The molecule has 0 radical (unpaired) electrons. The maximum atomic E-state index is 14.0. The van der Waals surface area contributed by atoms with Gasteiger partial charge in [0, 0.05) is 41.2 Å². The van der Waals surface area contributed by atoms with Crippen LogP contribution in [0.1, 0.15) is 36.6 Å². The molecule has 1 aromatic heterocycles. The van der Waals surface area contributed by atoms with Crippen molar-refractivity contribution in [3.63, 3.8) is 0 Å². The maximum Gasteiger partial charge on any atom is 0.218 e. The van der Waals surface area contributed by atoms with E-state index in [4.69, 9.17) is 0 Å². The van der Waals surface area contributed by atoms with Crippen molar-refractivity contribution in [3.05, 3.63) is 95.3 Å². The van der Waals surface area contributed by atoms with Gasteiger partial charge in [0.1, 0.15) is 12.4 Å². The Morgan fingerprint density at radius 1 is 0.973 bits per heavy atom. The van der Waals surface area contributed by atoms with Crippen LogP contribution in [0.5, 0.6) is 5.88 Å². The molecule has 6 rings (SSSR count). The average Bonchev–Trinajstić information content (AvgIpc) is 3.33. The van der Waals surface area contributed by atoms with E-state index in [1.54, 1.807) is 24.3 Å². The van der Waals surface area contributed by atoms with Crippen LogP contribution >= 0.6 is 0 Å². The van der Waals surface area contributed by atoms with Gasteiger partial charge in [0.15, 0.2) is 0 Å². The molecule has 190 valence electrons. The SMILES string of the molecule is CN1C(=CC2C(O)C(c3c(CF)nn(-c4ccccc4)c3O)C2O)C(C)(C)c2c1ccc1ccccc21. The highest BCUT2D eigenvalue weighted by molar-refractivity contribution is 5.94. The lowest BCUT2D eigenvalue weighted by Crippen LogP contribution is -2.53. The lowest BCUT2D eigenvalue weighted by molar-refractivity contribution is -0.0956. The zero-order chi connectivity index (χ0) is 26.1. The van der Waals surface area contributed by atoms with Gasteiger partial charge in [-0.15, -0.1) is 0 Å². The third-order valence-electron chi connectivity index (χ3n) is 8.20. The standard InChI is InChI=1S/C30H30FN3O3/c1-30(2)23(33(3)22-14-13-17-9-7-8-12-19(17)26(22)30)15-20-27(35)25(28(20)36)24-21(16-31)32-34(29(24)37)18-10-5-4-6-11-18/h4-15,20,25,27-28,35-37H,16H2,1-3H3. The van der Waals surface area contributed by atoms with Crippen LogP contribution in [0.4, 0.5) is 10.1 Å². The fraction of sp³-hybridized carbons (Fsp3) is 0.300. The lowest BCUT2D eigenvalue weighted by Gasteiger charge is -2.46. The lowest BCUT2D eigenvalue weighted by atomic mass is 9.64. The number of halogens is 1. The van der Waals surface area contributed by atoms with E-state index in [-0.39, 0.29) is 22.6 Å². The van der Waals surface area contributed by atoms with E-state index in [0.29, 0.717) is 5.69 Å². The van der Waals surface area contributed by atoms with Crippen LogP contribution in [-0.2, 0) is 12.1 Å². The minimum absolute atomic E-state index is 0.0211. The Bertz CT molecular complexity index is 1520. The number of benzene rings is 3. The van der Waals surface area contributed by atoms with Crippen LogP contribution in [-0.4, -0.2) is 44.4 Å². The number of rotatable bonds is 4. The first-order valence-corrected chi connectivity index (χ1v) is 12.5. The Balaban J connectivity index is 1.36. The fourth-order valence-electron chi connectivity index (χ4n) is 6.31. The molecule has 37 heavy (non-hydrogen) atoms. The first-order chi connectivity index (χ1) is 17.8. The van der Waals surface area contributed by atoms with E-state index in [0.717, 1.165) is 16.8 Å². The molecule has 1 fully saturated rings. The largest absolute Gasteiger partial charge is 0.493 e. The molecule has 0 bridgehead atoms. The molecule has 1 saturated carbocycles. The summed E-state index contributed by atoms with van der Waals surface area (Å²) in [5.41, 5.74) is 3.68. The molecule has 2 unspecified atom stereocenters. The number of aliphatic hydroxyl groups excluding tert-OH is 2. The van der Waals surface area contributed by atoms with Crippen molar-refractivity contribution in [1.82, 2.24) is 9.78 Å². The average molecular weight is 500 g/mol. The topological polar surface area (TPSA) is 81.8 Å². The van der Waals surface area contributed by atoms with Gasteiger partial charge in [-0.3, -0.25) is 0 Å². The smallest absolute Gasteiger partial charge is 0.218 e. The van der Waals surface area contributed by atoms with Gasteiger partial charge in [-0.1, -0.05) is 68.5 Å². The third-order valence-corrected chi connectivity index (χ3v) is 8.20. The van der Waals surface area contributed by atoms with E-state index < -0.39 is 30.7 Å². The summed E-state index contributed by atoms with van der Waals surface area (Å²) in [6, 6.07) is 21.4. The first kappa shape index (κ1) is 23.7. The Labute approximate surface area is 214 Å². The quantitative estimate of drug-likeness (QED) is 0.370. The van der Waals surface area contributed by atoms with E-state index in [9.17, 15) is 19.7 Å². The summed E-state index contributed by atoms with van der Waals surface area (Å²) in [5, 5.41) is 40.0. The van der Waals surface area contributed by atoms with E-state index in [1.807, 2.05) is 31.3 Å². The zero-order valence-corrected chi connectivity index (χ0v) is 21.0. The van der Waals surface area contributed by atoms with Gasteiger partial charge in [-0.05, 0) is 34.5 Å². The van der Waals surface area contributed by atoms with Crippen molar-refractivity contribution in [2.45, 2.75) is 44.1 Å². The van der Waals surface area contributed by atoms with Crippen LogP contribution in [0.15, 0.2) is 78.5 Å². The summed E-state index contributed by atoms with van der Waals surface area (Å²) in [7, 11) is 2.00. The minimum Gasteiger partial charge on any atom is -0.493 e. The highest BCUT2D eigenvalue weighted by Crippen LogP contribution is 2.53. The number of fused-ring (bicyclic) bond motifs is 3. The summed E-state index contributed by atoms with van der Waals surface area (Å²) >= 11 is 0. The fourth-order valence-corrected chi connectivity index (χ4v) is 6.31. The van der Waals surface area contributed by atoms with E-state index >= 15 is 0 Å². The summed E-state index contributed by atoms with van der Waals surface area (Å²) in [4.78, 5) is 2.12. The van der Waals surface area contributed by atoms with Crippen molar-refractivity contribution < 1.29 is 19.7 Å². The Hall–Kier alpha value is -3.68. The zero-order valence-electron chi connectivity index (χ0n) is 21.0. The molecule has 6 nitrogen and oxygen atoms in total. The second-order valence-electron chi connectivity index (χ2n) is 10.6. The first-order valence-electron chi connectivity index (χ1n) is 12.5. The Kier molecular flexibility index (Phi) is 5.40. The Morgan fingerprint density at radius 2 is 1.65 bits per heavy atom. The number of allylic oxidation sites excluding steroid dienone is 1. The number of aromatic nitrogens is 2. The molecule has 7 heteroatoms. The second kappa shape index (κ2) is 8.43. The maximum absolute atomic E-state index is 14.0. The molecule has 1 aliphatic carbocycles. The van der Waals surface area contributed by atoms with Crippen LogP contribution in [0.3, 0.4) is 0 Å². The molecule has 0 amide bonds. The molecular weight excluding hydrogens is 469 g/mol. The van der Waals surface area contributed by atoms with Crippen LogP contribution < -0.4 is 4.90 Å². The normalized spacial score (nSPS) is 25.5. The van der Waals surface area contributed by atoms with Crippen molar-refractivity contribution in [2.24, 2.45) is 5.92 Å². The molecular formula is C30H30FN3O3. The summed E-state index contributed by atoms with van der Waals surface area (Å²) in [6.45, 7) is 3.39. The molecule has 2 aliphatic rings. The minimum atomic E-state index is -1.00. The number of para-hydroxylation sites is 1. The molecule has 0 spiro atoms. The van der Waals surface area contributed by atoms with Gasteiger partial charge in [0.2, 0.25) is 5.88 Å². The van der Waals surface area contributed by atoms with Gasteiger partial charge in [0.25, 0.3) is 0 Å². The number of aliphatic hydroxyl groups is 2. The highest BCUT2D eigenvalue weighted by Gasteiger charge is 2.53. The molecule has 2 heterocycles. The van der Waals surface area contributed by atoms with E-state index in [2.05, 4.69) is 48.1 Å². The van der Waals surface area contributed by atoms with E-state index in [1.165, 1.54) is 15.6 Å². The van der Waals surface area contributed by atoms with Gasteiger partial charge >= 0.3 is 0 Å². The van der Waals surface area contributed by atoms with Gasteiger partial charge in [-0.2, -0.15) is 5.10 Å². The van der Waals surface area contributed by atoms with Gasteiger partial charge in [-0.25, -0.2) is 9.07 Å². The molecule has 3 aromatic carbocycles. The number of aromatic hydroxyl groups is 1. The van der Waals surface area contributed by atoms with Crippen molar-refractivity contribution >= 4 is 16.5 Å². The predicted molar refractivity (Wildman–Crippen MR) is 142 cm³/mol. The second-order valence-corrected chi connectivity index (χ2v) is 10.6. The van der Waals surface area contributed by atoms with Crippen molar-refractivity contribution in [3.8, 4) is 11.6 Å². The summed E-state index contributed by atoms with van der Waals surface area (Å²) in [5.74, 6) is -1.68. The van der Waals surface area contributed by atoms with Crippen LogP contribution in [0, 0.1) is 5.92 Å². The number of anilines is 1.